The van der Waals surface area contributed by atoms with Crippen molar-refractivity contribution in [3.05, 3.63) is 11.8 Å². The van der Waals surface area contributed by atoms with Gasteiger partial charge in [0.25, 0.3) is 5.91 Å². The Morgan fingerprint density at radius 2 is 1.78 bits per heavy atom. The molecule has 0 radical (unpaired) electrons. The second-order valence-corrected chi connectivity index (χ2v) is 12.7. The number of nitrogens with zero attached hydrogens (tertiary/aromatic N) is 3. The van der Waals surface area contributed by atoms with Crippen molar-refractivity contribution in [3.8, 4) is 5.88 Å². The van der Waals surface area contributed by atoms with Gasteiger partial charge in [0.05, 0.1) is 31.1 Å². The first kappa shape index (κ1) is 24.7. The largest absolute Gasteiger partial charge is 0.477 e. The number of amides is 1. The number of hydrogen-bond acceptors (Lipinski definition) is 6. The van der Waals surface area contributed by atoms with E-state index >= 15 is 0 Å². The fraction of sp³-hybridized carbons (Fsp3) is 0.857. The second kappa shape index (κ2) is 10.3. The number of likely N-dealkylation sites (tertiary alicyclic amines) is 1. The van der Waals surface area contributed by atoms with Crippen LogP contribution in [-0.4, -0.2) is 74.8 Å². The number of aromatic nitrogens is 2. The third kappa shape index (κ3) is 5.18. The highest BCUT2D eigenvalue weighted by atomic mass is 16.5. The second-order valence-electron chi connectivity index (χ2n) is 12.7. The number of carbonyl (C=O) groups excluding carboxylic acids is 1. The molecule has 5 saturated carbocycles. The zero-order chi connectivity index (χ0) is 24.7. The highest BCUT2D eigenvalue weighted by Gasteiger charge is 2.55. The molecule has 3 N–H and O–H groups in total. The molecule has 6 aliphatic rings. The third-order valence-corrected chi connectivity index (χ3v) is 9.94. The van der Waals surface area contributed by atoms with Gasteiger partial charge < -0.3 is 25.2 Å². The van der Waals surface area contributed by atoms with Crippen LogP contribution in [0.2, 0.25) is 0 Å². The van der Waals surface area contributed by atoms with Crippen LogP contribution in [0.5, 0.6) is 5.88 Å². The zero-order valence-electron chi connectivity index (χ0n) is 21.6. The lowest BCUT2D eigenvalue weighted by Crippen LogP contribution is -2.61. The number of rotatable bonds is 8. The van der Waals surface area contributed by atoms with E-state index in [4.69, 9.17) is 4.74 Å². The molecule has 4 bridgehead atoms. The Morgan fingerprint density at radius 1 is 1.06 bits per heavy atom. The van der Waals surface area contributed by atoms with E-state index in [1.807, 2.05) is 4.68 Å². The number of aliphatic hydroxyl groups excluding tert-OH is 1. The maximum absolute atomic E-state index is 13.6. The van der Waals surface area contributed by atoms with E-state index in [-0.39, 0.29) is 18.1 Å². The van der Waals surface area contributed by atoms with Crippen LogP contribution in [0.1, 0.15) is 87.4 Å². The quantitative estimate of drug-likeness (QED) is 0.508. The van der Waals surface area contributed by atoms with E-state index in [9.17, 15) is 15.0 Å². The Labute approximate surface area is 214 Å². The van der Waals surface area contributed by atoms with Gasteiger partial charge >= 0.3 is 0 Å². The van der Waals surface area contributed by atoms with Gasteiger partial charge in [-0.1, -0.05) is 19.3 Å². The first-order valence-electron chi connectivity index (χ1n) is 14.6. The van der Waals surface area contributed by atoms with Crippen molar-refractivity contribution >= 4 is 5.91 Å². The summed E-state index contributed by atoms with van der Waals surface area (Å²) in [5.41, 5.74) is 0.0499. The Bertz CT molecular complexity index is 905. The predicted octanol–water partition coefficient (Wildman–Crippen LogP) is 2.97. The molecule has 1 aromatic heterocycles. The molecule has 1 aromatic rings. The molecule has 0 aromatic carbocycles. The lowest BCUT2D eigenvalue weighted by atomic mass is 9.52. The van der Waals surface area contributed by atoms with Crippen molar-refractivity contribution in [1.82, 2.24) is 20.0 Å². The van der Waals surface area contributed by atoms with Gasteiger partial charge in [0, 0.05) is 25.7 Å². The smallest absolute Gasteiger partial charge is 0.258 e. The lowest BCUT2D eigenvalue weighted by molar-refractivity contribution is -0.136. The maximum atomic E-state index is 13.6. The molecule has 1 aliphatic heterocycles. The summed E-state index contributed by atoms with van der Waals surface area (Å²) in [5.74, 6) is 2.45. The highest BCUT2D eigenvalue weighted by molar-refractivity contribution is 5.96. The molecule has 200 valence electrons. The molecule has 2 heterocycles. The normalized spacial score (nSPS) is 35.3. The van der Waals surface area contributed by atoms with Crippen LogP contribution in [0.3, 0.4) is 0 Å². The summed E-state index contributed by atoms with van der Waals surface area (Å²) in [6.07, 6.45) is 14.2. The number of aliphatic hydroxyl groups is 2. The van der Waals surface area contributed by atoms with E-state index in [1.54, 1.807) is 6.20 Å². The third-order valence-electron chi connectivity index (χ3n) is 9.94. The van der Waals surface area contributed by atoms with Gasteiger partial charge in [-0.3, -0.25) is 4.79 Å². The number of nitrogens with one attached hydrogen (secondary N) is 1. The minimum atomic E-state index is -0.499. The van der Waals surface area contributed by atoms with E-state index in [1.165, 1.54) is 32.1 Å². The fourth-order valence-electron chi connectivity index (χ4n) is 8.22. The summed E-state index contributed by atoms with van der Waals surface area (Å²) < 4.78 is 8.27. The van der Waals surface area contributed by atoms with Crippen LogP contribution >= 0.6 is 0 Å². The standard InChI is InChI=1S/C28H44N4O4/c33-23-6-8-31(9-7-23)10-11-32-27(36-18-19-4-2-1-3-5-19)24(17-29-32)26(34)30-25-21-12-20-13-22(25)16-28(35,14-20)15-21/h17,19-23,25,33,35H,1-16,18H2,(H,30,34). The van der Waals surface area contributed by atoms with Crippen molar-refractivity contribution < 1.29 is 19.7 Å². The molecular formula is C28H44N4O4. The average Bonchev–Trinajstić information content (AvgIpc) is 3.27. The van der Waals surface area contributed by atoms with Gasteiger partial charge in [0.1, 0.15) is 5.56 Å². The number of ether oxygens (including phenoxy) is 1. The van der Waals surface area contributed by atoms with Crippen molar-refractivity contribution in [2.75, 3.05) is 26.2 Å². The minimum absolute atomic E-state index is 0.0783. The number of carbonyl (C=O) groups is 1. The van der Waals surface area contributed by atoms with Gasteiger partial charge in [-0.05, 0) is 81.5 Å². The molecule has 2 unspecified atom stereocenters. The van der Waals surface area contributed by atoms with Crippen LogP contribution in [0.4, 0.5) is 0 Å². The minimum Gasteiger partial charge on any atom is -0.477 e. The summed E-state index contributed by atoms with van der Waals surface area (Å²) in [6.45, 7) is 3.94. The lowest BCUT2D eigenvalue weighted by Gasteiger charge is -2.58. The zero-order valence-corrected chi connectivity index (χ0v) is 21.6. The van der Waals surface area contributed by atoms with Crippen LogP contribution in [0.15, 0.2) is 6.20 Å². The Morgan fingerprint density at radius 3 is 2.47 bits per heavy atom. The maximum Gasteiger partial charge on any atom is 0.258 e. The molecule has 6 fully saturated rings. The van der Waals surface area contributed by atoms with E-state index in [0.717, 1.165) is 64.6 Å². The Balaban J connectivity index is 1.15. The van der Waals surface area contributed by atoms with Crippen LogP contribution in [0.25, 0.3) is 0 Å². The van der Waals surface area contributed by atoms with Crippen molar-refractivity contribution in [2.45, 2.75) is 101 Å². The van der Waals surface area contributed by atoms with Crippen LogP contribution in [-0.2, 0) is 6.54 Å². The molecule has 8 nitrogen and oxygen atoms in total. The Hall–Kier alpha value is -1.64. The van der Waals surface area contributed by atoms with E-state index in [0.29, 0.717) is 48.3 Å². The number of piperidine rings is 1. The van der Waals surface area contributed by atoms with Crippen molar-refractivity contribution in [3.63, 3.8) is 0 Å². The summed E-state index contributed by atoms with van der Waals surface area (Å²) in [4.78, 5) is 16.0. The van der Waals surface area contributed by atoms with Crippen LogP contribution < -0.4 is 10.1 Å². The van der Waals surface area contributed by atoms with Gasteiger partial charge in [0.15, 0.2) is 0 Å². The summed E-state index contributed by atoms with van der Waals surface area (Å²) in [5, 5.41) is 28.7. The van der Waals surface area contributed by atoms with Gasteiger partial charge in [-0.25, -0.2) is 4.68 Å². The van der Waals surface area contributed by atoms with E-state index < -0.39 is 5.60 Å². The van der Waals surface area contributed by atoms with Crippen molar-refractivity contribution in [2.24, 2.45) is 23.7 Å². The first-order chi connectivity index (χ1) is 17.5. The first-order valence-corrected chi connectivity index (χ1v) is 14.6. The molecule has 1 amide bonds. The number of hydrogen-bond donors (Lipinski definition) is 3. The topological polar surface area (TPSA) is 99.9 Å². The molecule has 1 saturated heterocycles. The summed E-state index contributed by atoms with van der Waals surface area (Å²) in [6, 6.07) is 0.142. The molecule has 7 rings (SSSR count). The SMILES string of the molecule is O=C(NC1C2CC3CC1CC(O)(C3)C2)c1cnn(CCN2CCC(O)CC2)c1OCC1CCCCC1. The van der Waals surface area contributed by atoms with Gasteiger partial charge in [-0.15, -0.1) is 0 Å². The molecule has 36 heavy (non-hydrogen) atoms. The summed E-state index contributed by atoms with van der Waals surface area (Å²) in [7, 11) is 0. The summed E-state index contributed by atoms with van der Waals surface area (Å²) >= 11 is 0. The molecule has 5 aliphatic carbocycles. The molecule has 8 heteroatoms. The van der Waals surface area contributed by atoms with Crippen LogP contribution in [0, 0.1) is 23.7 Å². The molecule has 0 spiro atoms. The molecule has 2 atom stereocenters. The highest BCUT2D eigenvalue weighted by Crippen LogP contribution is 2.55. The van der Waals surface area contributed by atoms with Crippen molar-refractivity contribution in [1.29, 1.82) is 0 Å². The Kier molecular flexibility index (Phi) is 7.03. The average molecular weight is 501 g/mol. The monoisotopic (exact) mass is 500 g/mol. The van der Waals surface area contributed by atoms with Gasteiger partial charge in [-0.2, -0.15) is 5.10 Å². The van der Waals surface area contributed by atoms with Gasteiger partial charge in [0.2, 0.25) is 5.88 Å². The molecular weight excluding hydrogens is 456 g/mol. The predicted molar refractivity (Wildman–Crippen MR) is 136 cm³/mol. The fourth-order valence-corrected chi connectivity index (χ4v) is 8.22. The van der Waals surface area contributed by atoms with E-state index in [2.05, 4.69) is 15.3 Å².